The van der Waals surface area contributed by atoms with E-state index in [9.17, 15) is 19.7 Å². The summed E-state index contributed by atoms with van der Waals surface area (Å²) in [7, 11) is 0. The Hall–Kier alpha value is -4.33. The Labute approximate surface area is 183 Å². The number of hydrogen-bond donors (Lipinski definition) is 1. The van der Waals surface area contributed by atoms with Crippen molar-refractivity contribution >= 4 is 22.4 Å². The van der Waals surface area contributed by atoms with E-state index in [1.54, 1.807) is 36.4 Å². The van der Waals surface area contributed by atoms with Crippen LogP contribution in [0.5, 0.6) is 0 Å². The van der Waals surface area contributed by atoms with Crippen molar-refractivity contribution in [3.63, 3.8) is 0 Å². The third kappa shape index (κ3) is 4.24. The Balaban J connectivity index is 1.72. The maximum absolute atomic E-state index is 13.0. The van der Waals surface area contributed by atoms with E-state index in [1.165, 1.54) is 12.1 Å². The van der Waals surface area contributed by atoms with Gasteiger partial charge in [-0.2, -0.15) is 5.10 Å². The van der Waals surface area contributed by atoms with Gasteiger partial charge in [0.05, 0.1) is 22.0 Å². The highest BCUT2D eigenvalue weighted by atomic mass is 16.6. The minimum atomic E-state index is -0.486. The molecule has 4 rings (SSSR count). The third-order valence-corrected chi connectivity index (χ3v) is 5.17. The molecule has 0 radical (unpaired) electrons. The van der Waals surface area contributed by atoms with Gasteiger partial charge in [0.1, 0.15) is 6.54 Å². The molecule has 32 heavy (non-hydrogen) atoms. The predicted molar refractivity (Wildman–Crippen MR) is 121 cm³/mol. The average Bonchev–Trinajstić information content (AvgIpc) is 2.81. The van der Waals surface area contributed by atoms with Gasteiger partial charge >= 0.3 is 0 Å². The van der Waals surface area contributed by atoms with Crippen LogP contribution in [0.2, 0.25) is 0 Å². The quantitative estimate of drug-likeness (QED) is 0.371. The second-order valence-corrected chi connectivity index (χ2v) is 7.36. The SMILES string of the molecule is C[C@H](NC(=O)Cn1nc(-c2cccc([N+](=O)[O-])c2)c2ccccc2c1=O)c1ccccc1. The first-order valence-electron chi connectivity index (χ1n) is 10.0. The van der Waals surface area contributed by atoms with E-state index in [-0.39, 0.29) is 24.2 Å². The maximum atomic E-state index is 13.0. The average molecular weight is 428 g/mol. The standard InChI is InChI=1S/C24H20N4O4/c1-16(17-8-3-2-4-9-17)25-22(29)15-27-24(30)21-13-6-5-12-20(21)23(26-27)18-10-7-11-19(14-18)28(31)32/h2-14,16H,15H2,1H3,(H,25,29)/t16-/m0/s1. The number of nitrogens with zero attached hydrogens (tertiary/aromatic N) is 3. The van der Waals surface area contributed by atoms with Gasteiger partial charge in [0.15, 0.2) is 0 Å². The highest BCUT2D eigenvalue weighted by molar-refractivity contribution is 5.94. The fraction of sp³-hybridized carbons (Fsp3) is 0.125. The first kappa shape index (κ1) is 20.9. The molecule has 0 aliphatic rings. The number of amides is 1. The molecule has 0 unspecified atom stereocenters. The molecule has 8 nitrogen and oxygen atoms in total. The third-order valence-electron chi connectivity index (χ3n) is 5.17. The summed E-state index contributed by atoms with van der Waals surface area (Å²) in [6, 6.07) is 22.2. The number of nitrogens with one attached hydrogen (secondary N) is 1. The van der Waals surface area contributed by atoms with E-state index in [4.69, 9.17) is 0 Å². The van der Waals surface area contributed by atoms with Crippen LogP contribution in [0.15, 0.2) is 83.7 Å². The predicted octanol–water partition coefficient (Wildman–Crippen LogP) is 3.85. The second kappa shape index (κ2) is 8.81. The molecule has 8 heteroatoms. The summed E-state index contributed by atoms with van der Waals surface area (Å²) in [5.41, 5.74) is 1.34. The number of aromatic nitrogens is 2. The van der Waals surface area contributed by atoms with Gasteiger partial charge in [-0.1, -0.05) is 60.7 Å². The molecular formula is C24H20N4O4. The molecule has 4 aromatic rings. The molecular weight excluding hydrogens is 408 g/mol. The molecule has 0 aliphatic carbocycles. The Morgan fingerprint density at radius 2 is 1.72 bits per heavy atom. The van der Waals surface area contributed by atoms with Crippen LogP contribution in [0, 0.1) is 10.1 Å². The van der Waals surface area contributed by atoms with Crippen LogP contribution >= 0.6 is 0 Å². The van der Waals surface area contributed by atoms with Crippen LogP contribution < -0.4 is 10.9 Å². The van der Waals surface area contributed by atoms with Gasteiger partial charge in [0, 0.05) is 23.1 Å². The van der Waals surface area contributed by atoms with Gasteiger partial charge in [-0.3, -0.25) is 19.7 Å². The molecule has 1 N–H and O–H groups in total. The largest absolute Gasteiger partial charge is 0.348 e. The summed E-state index contributed by atoms with van der Waals surface area (Å²) in [5.74, 6) is -0.365. The number of hydrogen-bond acceptors (Lipinski definition) is 5. The normalized spacial score (nSPS) is 11.8. The van der Waals surface area contributed by atoms with E-state index in [1.807, 2.05) is 37.3 Å². The molecule has 1 aromatic heterocycles. The van der Waals surface area contributed by atoms with E-state index >= 15 is 0 Å². The maximum Gasteiger partial charge on any atom is 0.275 e. The second-order valence-electron chi connectivity index (χ2n) is 7.36. The molecule has 0 bridgehead atoms. The van der Waals surface area contributed by atoms with Crippen LogP contribution in [0.25, 0.3) is 22.0 Å². The monoisotopic (exact) mass is 428 g/mol. The van der Waals surface area contributed by atoms with E-state index in [2.05, 4.69) is 10.4 Å². The minimum Gasteiger partial charge on any atom is -0.348 e. The van der Waals surface area contributed by atoms with Crippen LogP contribution in [-0.4, -0.2) is 20.6 Å². The number of carbonyl (C=O) groups excluding carboxylic acids is 1. The number of non-ortho nitro benzene ring substituents is 1. The molecule has 0 aliphatic heterocycles. The Morgan fingerprint density at radius 1 is 1.03 bits per heavy atom. The lowest BCUT2D eigenvalue weighted by molar-refractivity contribution is -0.384. The summed E-state index contributed by atoms with van der Waals surface area (Å²) in [6.45, 7) is 1.58. The van der Waals surface area contributed by atoms with Crippen molar-refractivity contribution < 1.29 is 9.72 Å². The topological polar surface area (TPSA) is 107 Å². The van der Waals surface area contributed by atoms with E-state index in [0.29, 0.717) is 22.0 Å². The Morgan fingerprint density at radius 3 is 2.44 bits per heavy atom. The Kier molecular flexibility index (Phi) is 5.76. The lowest BCUT2D eigenvalue weighted by Gasteiger charge is -2.15. The first-order chi connectivity index (χ1) is 15.4. The molecule has 0 saturated carbocycles. The minimum absolute atomic E-state index is 0.0828. The fourth-order valence-corrected chi connectivity index (χ4v) is 3.57. The van der Waals surface area contributed by atoms with Gasteiger partial charge in [-0.05, 0) is 18.6 Å². The molecule has 1 heterocycles. The fourth-order valence-electron chi connectivity index (χ4n) is 3.57. The number of carbonyl (C=O) groups is 1. The van der Waals surface area contributed by atoms with Gasteiger partial charge in [-0.15, -0.1) is 0 Å². The number of fused-ring (bicyclic) bond motifs is 1. The van der Waals surface area contributed by atoms with E-state index in [0.717, 1.165) is 10.2 Å². The van der Waals surface area contributed by atoms with Crippen molar-refractivity contribution in [2.45, 2.75) is 19.5 Å². The van der Waals surface area contributed by atoms with Crippen LogP contribution in [0.3, 0.4) is 0 Å². The number of rotatable bonds is 6. The zero-order valence-electron chi connectivity index (χ0n) is 17.3. The summed E-state index contributed by atoms with van der Waals surface area (Å²) in [4.78, 5) is 36.4. The van der Waals surface area contributed by atoms with Crippen molar-refractivity contribution in [2.24, 2.45) is 0 Å². The van der Waals surface area contributed by atoms with Crippen molar-refractivity contribution in [1.29, 1.82) is 0 Å². The number of benzene rings is 3. The van der Waals surface area contributed by atoms with Crippen LogP contribution in [0.1, 0.15) is 18.5 Å². The number of nitro groups is 1. The molecule has 0 spiro atoms. The summed E-state index contributed by atoms with van der Waals surface area (Å²) in [5, 5.41) is 19.4. The van der Waals surface area contributed by atoms with Crippen molar-refractivity contribution in [2.75, 3.05) is 0 Å². The zero-order chi connectivity index (χ0) is 22.7. The van der Waals surface area contributed by atoms with Gasteiger partial charge < -0.3 is 5.32 Å². The highest BCUT2D eigenvalue weighted by Gasteiger charge is 2.17. The van der Waals surface area contributed by atoms with Crippen molar-refractivity contribution in [1.82, 2.24) is 15.1 Å². The smallest absolute Gasteiger partial charge is 0.275 e. The van der Waals surface area contributed by atoms with Gasteiger partial charge in [0.25, 0.3) is 11.2 Å². The van der Waals surface area contributed by atoms with Crippen LogP contribution in [-0.2, 0) is 11.3 Å². The molecule has 1 amide bonds. The molecule has 0 saturated heterocycles. The molecule has 3 aromatic carbocycles. The lowest BCUT2D eigenvalue weighted by Crippen LogP contribution is -2.35. The first-order valence-corrected chi connectivity index (χ1v) is 10.0. The Bertz CT molecular complexity index is 1370. The highest BCUT2D eigenvalue weighted by Crippen LogP contribution is 2.27. The van der Waals surface area contributed by atoms with Crippen molar-refractivity contribution in [3.8, 4) is 11.3 Å². The summed E-state index contributed by atoms with van der Waals surface area (Å²) in [6.07, 6.45) is 0. The molecule has 1 atom stereocenters. The summed E-state index contributed by atoms with van der Waals surface area (Å²) < 4.78 is 1.10. The summed E-state index contributed by atoms with van der Waals surface area (Å²) >= 11 is 0. The van der Waals surface area contributed by atoms with Crippen LogP contribution in [0.4, 0.5) is 5.69 Å². The van der Waals surface area contributed by atoms with Gasteiger partial charge in [-0.25, -0.2) is 4.68 Å². The van der Waals surface area contributed by atoms with E-state index < -0.39 is 10.5 Å². The van der Waals surface area contributed by atoms with Gasteiger partial charge in [0.2, 0.25) is 5.91 Å². The molecule has 0 fully saturated rings. The van der Waals surface area contributed by atoms with Crippen molar-refractivity contribution in [3.05, 3.63) is 105 Å². The number of nitro benzene ring substituents is 1. The lowest BCUT2D eigenvalue weighted by atomic mass is 10.0. The zero-order valence-corrected chi connectivity index (χ0v) is 17.3. The molecule has 160 valence electrons.